The van der Waals surface area contributed by atoms with E-state index in [0.717, 1.165) is 10.5 Å². The third kappa shape index (κ3) is 7.08. The molecule has 0 aliphatic rings. The number of carbonyl (C=O) groups is 3. The first-order valence-corrected chi connectivity index (χ1v) is 8.18. The van der Waals surface area contributed by atoms with E-state index < -0.39 is 36.6 Å². The maximum absolute atomic E-state index is 12.5. The van der Waals surface area contributed by atoms with E-state index in [4.69, 9.17) is 10.3 Å². The number of nitrogens with one attached hydrogen (secondary N) is 2. The molecule has 1 aromatic carbocycles. The lowest BCUT2D eigenvalue weighted by atomic mass is 10.1. The van der Waals surface area contributed by atoms with Crippen molar-refractivity contribution >= 4 is 17.9 Å². The van der Waals surface area contributed by atoms with E-state index in [9.17, 15) is 19.5 Å². The summed E-state index contributed by atoms with van der Waals surface area (Å²) < 4.78 is 0. The molecule has 0 aliphatic heterocycles. The lowest BCUT2D eigenvalue weighted by Crippen LogP contribution is -2.54. The van der Waals surface area contributed by atoms with Crippen molar-refractivity contribution in [2.45, 2.75) is 32.4 Å². The largest absolute Gasteiger partial charge is 0.479 e. The van der Waals surface area contributed by atoms with Crippen molar-refractivity contribution in [1.82, 2.24) is 15.7 Å². The lowest BCUT2D eigenvalue weighted by molar-refractivity contribution is -0.147. The summed E-state index contributed by atoms with van der Waals surface area (Å²) >= 11 is 0. The minimum Gasteiger partial charge on any atom is -0.479 e. The zero-order valence-electron chi connectivity index (χ0n) is 14.8. The average molecular weight is 367 g/mol. The van der Waals surface area contributed by atoms with Crippen molar-refractivity contribution in [1.29, 1.82) is 0 Å². The number of urea groups is 1. The number of carbonyl (C=O) groups excluding carboxylic acids is 2. The normalized spacial score (nSPS) is 13.0. The maximum Gasteiger partial charge on any atom is 0.334 e. The van der Waals surface area contributed by atoms with Crippen LogP contribution < -0.4 is 10.8 Å². The van der Waals surface area contributed by atoms with Gasteiger partial charge in [0.05, 0.1) is 6.54 Å². The van der Waals surface area contributed by atoms with Gasteiger partial charge in [0.2, 0.25) is 0 Å². The number of carboxylic acid groups (broad SMARTS) is 1. The first kappa shape index (κ1) is 21.4. The number of aliphatic hydroxyl groups is 1. The van der Waals surface area contributed by atoms with Gasteiger partial charge in [0.1, 0.15) is 6.04 Å². The molecule has 0 aromatic heterocycles. The van der Waals surface area contributed by atoms with Crippen LogP contribution in [0.2, 0.25) is 0 Å². The molecule has 0 radical (unpaired) electrons. The minimum absolute atomic E-state index is 0.0148. The molecule has 1 aromatic rings. The van der Waals surface area contributed by atoms with Crippen LogP contribution in [-0.4, -0.2) is 63.5 Å². The number of hydroxylamine groups is 1. The van der Waals surface area contributed by atoms with Gasteiger partial charge >= 0.3 is 12.0 Å². The SMILES string of the molecule is CC(C)CN(CC(O)C(=O)O)C(=O)N[C@@H](Cc1ccccc1)C(=O)NO. The standard InChI is InChI=1S/C17H25N3O6/c1-11(2)9-20(10-14(21)16(23)24)17(25)18-13(15(22)19-26)8-12-6-4-3-5-7-12/h3-7,11,13-14,21,26H,8-10H2,1-2H3,(H,18,25)(H,19,22)(H,23,24)/t13-,14?/m0/s1. The van der Waals surface area contributed by atoms with Crippen molar-refractivity contribution in [3.8, 4) is 0 Å². The monoisotopic (exact) mass is 367 g/mol. The second-order valence-corrected chi connectivity index (χ2v) is 6.32. The molecule has 2 atom stereocenters. The molecule has 1 unspecified atom stereocenters. The first-order chi connectivity index (χ1) is 12.2. The Bertz CT molecular complexity index is 608. The van der Waals surface area contributed by atoms with Crippen molar-refractivity contribution < 1.29 is 29.8 Å². The number of aliphatic hydroxyl groups excluding tert-OH is 1. The highest BCUT2D eigenvalue weighted by molar-refractivity contribution is 5.86. The lowest BCUT2D eigenvalue weighted by Gasteiger charge is -2.28. The fourth-order valence-electron chi connectivity index (χ4n) is 2.35. The summed E-state index contributed by atoms with van der Waals surface area (Å²) in [6, 6.07) is 7.13. The average Bonchev–Trinajstić information content (AvgIpc) is 2.60. The fraction of sp³-hybridized carbons (Fsp3) is 0.471. The van der Waals surface area contributed by atoms with E-state index in [-0.39, 0.29) is 18.9 Å². The van der Waals surface area contributed by atoms with Crippen LogP contribution in [0.1, 0.15) is 19.4 Å². The Balaban J connectivity index is 2.88. The Hall–Kier alpha value is -2.65. The molecule has 144 valence electrons. The summed E-state index contributed by atoms with van der Waals surface area (Å²) in [5, 5.41) is 29.8. The smallest absolute Gasteiger partial charge is 0.334 e. The second kappa shape index (κ2) is 10.4. The number of rotatable bonds is 9. The number of carboxylic acids is 1. The predicted octanol–water partition coefficient (Wildman–Crippen LogP) is 0.216. The van der Waals surface area contributed by atoms with Gasteiger partial charge in [-0.15, -0.1) is 0 Å². The van der Waals surface area contributed by atoms with Gasteiger partial charge in [-0.3, -0.25) is 10.0 Å². The van der Waals surface area contributed by atoms with E-state index in [1.165, 1.54) is 5.48 Å². The second-order valence-electron chi connectivity index (χ2n) is 6.32. The summed E-state index contributed by atoms with van der Waals surface area (Å²) in [5.74, 6) is -2.23. The predicted molar refractivity (Wildman–Crippen MR) is 92.4 cm³/mol. The molecule has 9 heteroatoms. The number of amides is 3. The van der Waals surface area contributed by atoms with Crippen molar-refractivity contribution in [3.05, 3.63) is 35.9 Å². The van der Waals surface area contributed by atoms with E-state index in [2.05, 4.69) is 5.32 Å². The summed E-state index contributed by atoms with van der Waals surface area (Å²) in [5.41, 5.74) is 2.28. The van der Waals surface area contributed by atoms with Gasteiger partial charge < -0.3 is 20.4 Å². The van der Waals surface area contributed by atoms with E-state index >= 15 is 0 Å². The molecule has 9 nitrogen and oxygen atoms in total. The highest BCUT2D eigenvalue weighted by Crippen LogP contribution is 2.06. The fourth-order valence-corrected chi connectivity index (χ4v) is 2.35. The van der Waals surface area contributed by atoms with Crippen LogP contribution in [0.15, 0.2) is 30.3 Å². The van der Waals surface area contributed by atoms with Crippen molar-refractivity contribution in [2.24, 2.45) is 5.92 Å². The van der Waals surface area contributed by atoms with Crippen LogP contribution in [0.5, 0.6) is 0 Å². The first-order valence-electron chi connectivity index (χ1n) is 8.18. The Kier molecular flexibility index (Phi) is 8.53. The van der Waals surface area contributed by atoms with E-state index in [0.29, 0.717) is 0 Å². The molecule has 0 fully saturated rings. The summed E-state index contributed by atoms with van der Waals surface area (Å²) in [6.07, 6.45) is -1.60. The van der Waals surface area contributed by atoms with Crippen LogP contribution in [0, 0.1) is 5.92 Å². The quantitative estimate of drug-likeness (QED) is 0.312. The van der Waals surface area contributed by atoms with Crippen molar-refractivity contribution in [2.75, 3.05) is 13.1 Å². The summed E-state index contributed by atoms with van der Waals surface area (Å²) in [6.45, 7) is 3.43. The van der Waals surface area contributed by atoms with Gasteiger partial charge in [-0.1, -0.05) is 44.2 Å². The zero-order chi connectivity index (χ0) is 19.7. The summed E-state index contributed by atoms with van der Waals surface area (Å²) in [4.78, 5) is 36.4. The molecule has 26 heavy (non-hydrogen) atoms. The van der Waals surface area contributed by atoms with Crippen LogP contribution in [0.25, 0.3) is 0 Å². The number of aliphatic carboxylic acids is 1. The van der Waals surface area contributed by atoms with Gasteiger partial charge in [-0.25, -0.2) is 15.1 Å². The molecule has 0 heterocycles. The van der Waals surface area contributed by atoms with Crippen LogP contribution in [-0.2, 0) is 16.0 Å². The van der Waals surface area contributed by atoms with E-state index in [1.54, 1.807) is 30.3 Å². The molecule has 0 spiro atoms. The van der Waals surface area contributed by atoms with Gasteiger partial charge in [0.15, 0.2) is 6.10 Å². The number of hydrogen-bond acceptors (Lipinski definition) is 5. The maximum atomic E-state index is 12.5. The minimum atomic E-state index is -1.74. The highest BCUT2D eigenvalue weighted by Gasteiger charge is 2.27. The zero-order valence-corrected chi connectivity index (χ0v) is 14.8. The molecule has 0 saturated heterocycles. The van der Waals surface area contributed by atoms with E-state index in [1.807, 2.05) is 13.8 Å². The number of hydrogen-bond donors (Lipinski definition) is 5. The molecular formula is C17H25N3O6. The molecule has 1 rings (SSSR count). The highest BCUT2D eigenvalue weighted by atomic mass is 16.5. The van der Waals surface area contributed by atoms with Gasteiger partial charge in [-0.05, 0) is 11.5 Å². The van der Waals surface area contributed by atoms with Crippen molar-refractivity contribution in [3.63, 3.8) is 0 Å². The Morgan fingerprint density at radius 3 is 2.23 bits per heavy atom. The molecule has 0 aliphatic carbocycles. The van der Waals surface area contributed by atoms with Crippen LogP contribution in [0.4, 0.5) is 4.79 Å². The third-order valence-electron chi connectivity index (χ3n) is 3.56. The molecule has 0 bridgehead atoms. The van der Waals surface area contributed by atoms with Gasteiger partial charge in [0.25, 0.3) is 5.91 Å². The molecule has 5 N–H and O–H groups in total. The molecular weight excluding hydrogens is 342 g/mol. The Morgan fingerprint density at radius 1 is 1.12 bits per heavy atom. The molecule has 3 amide bonds. The Morgan fingerprint density at radius 2 is 1.73 bits per heavy atom. The molecule has 0 saturated carbocycles. The Labute approximate surface area is 151 Å². The van der Waals surface area contributed by atoms with Gasteiger partial charge in [-0.2, -0.15) is 0 Å². The number of nitrogens with zero attached hydrogens (tertiary/aromatic N) is 1. The number of benzene rings is 1. The van der Waals surface area contributed by atoms with Crippen LogP contribution in [0.3, 0.4) is 0 Å². The summed E-state index contributed by atoms with van der Waals surface area (Å²) in [7, 11) is 0. The van der Waals surface area contributed by atoms with Gasteiger partial charge in [0, 0.05) is 13.0 Å². The van der Waals surface area contributed by atoms with Crippen LogP contribution >= 0.6 is 0 Å². The third-order valence-corrected chi connectivity index (χ3v) is 3.56. The topological polar surface area (TPSA) is 139 Å².